The number of benzene rings is 2. The Bertz CT molecular complexity index is 628. The van der Waals surface area contributed by atoms with Crippen molar-refractivity contribution in [1.82, 2.24) is 4.90 Å². The molecule has 0 aromatic heterocycles. The molecule has 0 saturated carbocycles. The fourth-order valence-corrected chi connectivity index (χ4v) is 3.54. The van der Waals surface area contributed by atoms with Gasteiger partial charge in [-0.05, 0) is 29.7 Å². The van der Waals surface area contributed by atoms with E-state index in [-0.39, 0.29) is 0 Å². The summed E-state index contributed by atoms with van der Waals surface area (Å²) in [5, 5.41) is 12.6. The molecule has 20 heavy (non-hydrogen) atoms. The third kappa shape index (κ3) is 2.07. The summed E-state index contributed by atoms with van der Waals surface area (Å²) >= 11 is 0. The van der Waals surface area contributed by atoms with Crippen molar-refractivity contribution in [2.24, 2.45) is 0 Å². The molecule has 2 bridgehead atoms. The number of aromatic hydroxyl groups is 1. The number of fused-ring (bicyclic) bond motifs is 3. The Kier molecular flexibility index (Phi) is 2.90. The van der Waals surface area contributed by atoms with E-state index in [0.717, 1.165) is 30.6 Å². The van der Waals surface area contributed by atoms with Crippen LogP contribution in [0.4, 0.5) is 0 Å². The Morgan fingerprint density at radius 1 is 1.05 bits per heavy atom. The fourth-order valence-electron chi connectivity index (χ4n) is 3.54. The third-order valence-corrected chi connectivity index (χ3v) is 4.52. The van der Waals surface area contributed by atoms with Crippen LogP contribution in [0.2, 0.25) is 0 Å². The number of phenols is 1. The van der Waals surface area contributed by atoms with Crippen molar-refractivity contribution in [2.75, 3.05) is 13.1 Å². The van der Waals surface area contributed by atoms with Crippen LogP contribution in [0.3, 0.4) is 0 Å². The Hall–Kier alpha value is -1.58. The molecule has 3 nitrogen and oxygen atoms in total. The average molecular weight is 269 g/mol. The molecule has 0 aliphatic carbocycles. The summed E-state index contributed by atoms with van der Waals surface area (Å²) < 4.78 is 5.88. The Labute approximate surface area is 118 Å². The van der Waals surface area contributed by atoms with Gasteiger partial charge in [0.25, 0.3) is 0 Å². The van der Waals surface area contributed by atoms with Crippen LogP contribution in [0.1, 0.15) is 18.4 Å². The van der Waals surface area contributed by atoms with E-state index in [0.29, 0.717) is 18.0 Å². The molecular weight excluding hydrogens is 250 g/mol. The third-order valence-electron chi connectivity index (χ3n) is 4.52. The van der Waals surface area contributed by atoms with Crippen LogP contribution in [0.25, 0.3) is 10.8 Å². The second-order valence-electron chi connectivity index (χ2n) is 5.94. The molecule has 104 valence electrons. The van der Waals surface area contributed by atoms with E-state index in [4.69, 9.17) is 4.74 Å². The van der Waals surface area contributed by atoms with Crippen LogP contribution in [0.15, 0.2) is 36.4 Å². The van der Waals surface area contributed by atoms with Gasteiger partial charge in [-0.1, -0.05) is 30.3 Å². The topological polar surface area (TPSA) is 32.7 Å². The first kappa shape index (κ1) is 12.2. The molecule has 2 fully saturated rings. The van der Waals surface area contributed by atoms with Crippen molar-refractivity contribution in [3.05, 3.63) is 42.0 Å². The quantitative estimate of drug-likeness (QED) is 0.910. The lowest BCUT2D eigenvalue weighted by molar-refractivity contribution is -0.0411. The van der Waals surface area contributed by atoms with E-state index in [2.05, 4.69) is 17.0 Å². The minimum absolute atomic E-state index is 0.394. The van der Waals surface area contributed by atoms with Gasteiger partial charge in [0.1, 0.15) is 5.75 Å². The zero-order valence-electron chi connectivity index (χ0n) is 11.5. The number of likely N-dealkylation sites (tertiary alicyclic amines) is 1. The number of phenolic OH excluding ortho intramolecular Hbond substituents is 1. The molecule has 2 aromatic carbocycles. The van der Waals surface area contributed by atoms with Crippen molar-refractivity contribution < 1.29 is 9.84 Å². The van der Waals surface area contributed by atoms with Gasteiger partial charge < -0.3 is 9.84 Å². The maximum atomic E-state index is 10.2. The number of morpholine rings is 1. The first-order valence-corrected chi connectivity index (χ1v) is 7.37. The molecule has 2 aliphatic rings. The fraction of sp³-hybridized carbons (Fsp3) is 0.412. The van der Waals surface area contributed by atoms with Gasteiger partial charge in [-0.3, -0.25) is 4.90 Å². The summed E-state index contributed by atoms with van der Waals surface area (Å²) in [5.41, 5.74) is 1.05. The maximum absolute atomic E-state index is 10.2. The van der Waals surface area contributed by atoms with Gasteiger partial charge in [0.2, 0.25) is 0 Å². The lowest BCUT2D eigenvalue weighted by atomic mass is 10.0. The highest BCUT2D eigenvalue weighted by Crippen LogP contribution is 2.31. The van der Waals surface area contributed by atoms with Crippen molar-refractivity contribution in [3.63, 3.8) is 0 Å². The highest BCUT2D eigenvalue weighted by atomic mass is 16.5. The average Bonchev–Trinajstić information content (AvgIpc) is 2.81. The van der Waals surface area contributed by atoms with Gasteiger partial charge in [0.15, 0.2) is 0 Å². The molecule has 2 aliphatic heterocycles. The lowest BCUT2D eigenvalue weighted by Crippen LogP contribution is -2.42. The van der Waals surface area contributed by atoms with Crippen LogP contribution < -0.4 is 0 Å². The second kappa shape index (κ2) is 4.76. The Morgan fingerprint density at radius 2 is 1.80 bits per heavy atom. The molecule has 0 radical (unpaired) electrons. The van der Waals surface area contributed by atoms with Gasteiger partial charge in [0.05, 0.1) is 12.2 Å². The van der Waals surface area contributed by atoms with Gasteiger partial charge in [-0.2, -0.15) is 0 Å². The van der Waals surface area contributed by atoms with Crippen LogP contribution in [0.5, 0.6) is 5.75 Å². The normalized spacial score (nSPS) is 26.2. The van der Waals surface area contributed by atoms with Gasteiger partial charge in [0, 0.05) is 25.2 Å². The molecule has 2 aromatic rings. The van der Waals surface area contributed by atoms with Crippen molar-refractivity contribution in [1.29, 1.82) is 0 Å². The predicted molar refractivity (Wildman–Crippen MR) is 78.8 cm³/mol. The number of rotatable bonds is 2. The molecule has 2 unspecified atom stereocenters. The lowest BCUT2D eigenvalue weighted by Gasteiger charge is -2.32. The Balaban J connectivity index is 1.66. The molecule has 0 amide bonds. The molecule has 2 saturated heterocycles. The van der Waals surface area contributed by atoms with Gasteiger partial charge >= 0.3 is 0 Å². The number of nitrogens with zero attached hydrogens (tertiary/aromatic N) is 1. The smallest absolute Gasteiger partial charge is 0.120 e. The maximum Gasteiger partial charge on any atom is 0.120 e. The summed E-state index contributed by atoms with van der Waals surface area (Å²) in [6.45, 7) is 2.78. The van der Waals surface area contributed by atoms with E-state index in [9.17, 15) is 5.11 Å². The number of hydrogen-bond donors (Lipinski definition) is 1. The van der Waals surface area contributed by atoms with E-state index in [1.54, 1.807) is 0 Å². The van der Waals surface area contributed by atoms with Gasteiger partial charge in [-0.25, -0.2) is 0 Å². The minimum atomic E-state index is 0.394. The van der Waals surface area contributed by atoms with Crippen LogP contribution in [-0.4, -0.2) is 35.3 Å². The monoisotopic (exact) mass is 269 g/mol. The minimum Gasteiger partial charge on any atom is -0.508 e. The van der Waals surface area contributed by atoms with E-state index < -0.39 is 0 Å². The highest BCUT2D eigenvalue weighted by molar-refractivity contribution is 5.87. The molecule has 2 atom stereocenters. The Morgan fingerprint density at radius 3 is 2.60 bits per heavy atom. The van der Waals surface area contributed by atoms with Crippen LogP contribution in [-0.2, 0) is 11.3 Å². The summed E-state index contributed by atoms with van der Waals surface area (Å²) in [6.07, 6.45) is 3.16. The standard InChI is InChI=1S/C17H19NO2/c19-17-8-5-12-3-1-2-4-15(12)16(17)11-18-9-13-6-7-14(10-18)20-13/h1-5,8,13-14,19H,6-7,9-11H2. The zero-order chi connectivity index (χ0) is 13.5. The SMILES string of the molecule is Oc1ccc2ccccc2c1CN1CC2CCC(C1)O2. The first-order valence-electron chi connectivity index (χ1n) is 7.37. The summed E-state index contributed by atoms with van der Waals surface area (Å²) in [5.74, 6) is 0.405. The van der Waals surface area contributed by atoms with E-state index in [1.807, 2.05) is 24.3 Å². The van der Waals surface area contributed by atoms with Crippen molar-refractivity contribution in [2.45, 2.75) is 31.6 Å². The molecule has 1 N–H and O–H groups in total. The zero-order valence-corrected chi connectivity index (χ0v) is 11.5. The highest BCUT2D eigenvalue weighted by Gasteiger charge is 2.33. The molecule has 0 spiro atoms. The van der Waals surface area contributed by atoms with Crippen LogP contribution in [0, 0.1) is 0 Å². The molecule has 3 heteroatoms. The largest absolute Gasteiger partial charge is 0.508 e. The number of ether oxygens (including phenoxy) is 1. The second-order valence-corrected chi connectivity index (χ2v) is 5.94. The number of hydrogen-bond acceptors (Lipinski definition) is 3. The summed E-state index contributed by atoms with van der Waals surface area (Å²) in [7, 11) is 0. The van der Waals surface area contributed by atoms with E-state index in [1.165, 1.54) is 18.2 Å². The van der Waals surface area contributed by atoms with E-state index >= 15 is 0 Å². The first-order chi connectivity index (χ1) is 9.79. The van der Waals surface area contributed by atoms with Gasteiger partial charge in [-0.15, -0.1) is 0 Å². The molecule has 4 rings (SSSR count). The molecule has 2 heterocycles. The molecular formula is C17H19NO2. The van der Waals surface area contributed by atoms with Crippen molar-refractivity contribution >= 4 is 10.8 Å². The van der Waals surface area contributed by atoms with Crippen LogP contribution >= 0.6 is 0 Å². The predicted octanol–water partition coefficient (Wildman–Crippen LogP) is 2.91. The van der Waals surface area contributed by atoms with Crippen molar-refractivity contribution in [3.8, 4) is 5.75 Å². The summed E-state index contributed by atoms with van der Waals surface area (Å²) in [6, 6.07) is 12.1. The summed E-state index contributed by atoms with van der Waals surface area (Å²) in [4.78, 5) is 2.42.